The van der Waals surface area contributed by atoms with E-state index in [1.54, 1.807) is 24.3 Å². The Balaban J connectivity index is 1.49. The van der Waals surface area contributed by atoms with E-state index in [9.17, 15) is 18.0 Å². The smallest absolute Gasteiger partial charge is 0.416 e. The van der Waals surface area contributed by atoms with Crippen LogP contribution >= 0.6 is 27.5 Å². The summed E-state index contributed by atoms with van der Waals surface area (Å²) < 4.78 is 44.7. The van der Waals surface area contributed by atoms with Crippen molar-refractivity contribution in [3.05, 3.63) is 92.9 Å². The summed E-state index contributed by atoms with van der Waals surface area (Å²) in [6.45, 7) is 0.0673. The molecule has 33 heavy (non-hydrogen) atoms. The van der Waals surface area contributed by atoms with Crippen LogP contribution in [0, 0.1) is 0 Å². The number of benzene rings is 3. The van der Waals surface area contributed by atoms with E-state index in [4.69, 9.17) is 16.3 Å². The summed E-state index contributed by atoms with van der Waals surface area (Å²) in [7, 11) is 0. The predicted molar refractivity (Wildman–Crippen MR) is 126 cm³/mol. The highest BCUT2D eigenvalue weighted by Crippen LogP contribution is 2.30. The second-order valence-corrected chi connectivity index (χ2v) is 8.06. The lowest BCUT2D eigenvalue weighted by Crippen LogP contribution is -2.26. The summed E-state index contributed by atoms with van der Waals surface area (Å²) in [6.07, 6.45) is -3.02. The van der Waals surface area contributed by atoms with Crippen LogP contribution in [-0.2, 0) is 17.6 Å². The number of nitrogens with zero attached hydrogens (tertiary/aromatic N) is 1. The molecule has 1 amide bonds. The second kappa shape index (κ2) is 11.2. The lowest BCUT2D eigenvalue weighted by atomic mass is 10.2. The summed E-state index contributed by atoms with van der Waals surface area (Å²) >= 11 is 9.56. The van der Waals surface area contributed by atoms with Crippen molar-refractivity contribution in [3.63, 3.8) is 0 Å². The zero-order valence-electron chi connectivity index (χ0n) is 17.0. The van der Waals surface area contributed by atoms with Crippen molar-refractivity contribution in [1.29, 1.82) is 0 Å². The van der Waals surface area contributed by atoms with Gasteiger partial charge in [0.2, 0.25) is 0 Å². The zero-order valence-corrected chi connectivity index (χ0v) is 19.3. The summed E-state index contributed by atoms with van der Waals surface area (Å²) in [5.74, 6) is 0.101. The highest BCUT2D eigenvalue weighted by Gasteiger charge is 2.30. The zero-order chi connectivity index (χ0) is 23.8. The molecule has 0 radical (unpaired) electrons. The van der Waals surface area contributed by atoms with Crippen LogP contribution in [0.25, 0.3) is 0 Å². The third kappa shape index (κ3) is 7.50. The van der Waals surface area contributed by atoms with Gasteiger partial charge in [-0.25, -0.2) is 5.43 Å². The van der Waals surface area contributed by atoms with Crippen molar-refractivity contribution in [2.75, 3.05) is 11.9 Å². The van der Waals surface area contributed by atoms with Crippen LogP contribution in [0.4, 0.5) is 18.9 Å². The summed E-state index contributed by atoms with van der Waals surface area (Å²) in [6, 6.07) is 17.3. The van der Waals surface area contributed by atoms with E-state index in [1.165, 1.54) is 18.3 Å². The van der Waals surface area contributed by atoms with Crippen molar-refractivity contribution in [2.24, 2.45) is 5.10 Å². The monoisotopic (exact) mass is 539 g/mol. The fraction of sp³-hybridized carbons (Fsp3) is 0.130. The summed E-state index contributed by atoms with van der Waals surface area (Å²) in [5.41, 5.74) is 3.26. The van der Waals surface area contributed by atoms with E-state index in [0.717, 1.165) is 17.7 Å². The van der Waals surface area contributed by atoms with Gasteiger partial charge in [0.25, 0.3) is 5.91 Å². The first-order chi connectivity index (χ1) is 15.7. The highest BCUT2D eigenvalue weighted by atomic mass is 79.9. The Morgan fingerprint density at radius 1 is 1.09 bits per heavy atom. The Morgan fingerprint density at radius 2 is 1.88 bits per heavy atom. The van der Waals surface area contributed by atoms with E-state index < -0.39 is 17.6 Å². The molecule has 2 N–H and O–H groups in total. The second-order valence-electron chi connectivity index (χ2n) is 6.80. The lowest BCUT2D eigenvalue weighted by Gasteiger charge is -2.10. The Hall–Kier alpha value is -3.04. The molecule has 0 heterocycles. The molecule has 172 valence electrons. The van der Waals surface area contributed by atoms with Crippen LogP contribution in [0.2, 0.25) is 5.02 Å². The van der Waals surface area contributed by atoms with Gasteiger partial charge in [0.1, 0.15) is 12.4 Å². The molecule has 0 aliphatic rings. The Morgan fingerprint density at radius 3 is 2.61 bits per heavy atom. The largest absolute Gasteiger partial charge is 0.488 e. The van der Waals surface area contributed by atoms with Gasteiger partial charge in [-0.15, -0.1) is 0 Å². The van der Waals surface area contributed by atoms with Crippen molar-refractivity contribution < 1.29 is 22.7 Å². The molecular formula is C23H18BrClF3N3O2. The van der Waals surface area contributed by atoms with E-state index in [0.29, 0.717) is 27.4 Å². The number of nitrogens with one attached hydrogen (secondary N) is 2. The molecule has 3 aromatic rings. The predicted octanol–water partition coefficient (Wildman–Crippen LogP) is 6.26. The molecule has 10 heteroatoms. The summed E-state index contributed by atoms with van der Waals surface area (Å²) in [5, 5.41) is 7.12. The third-order valence-corrected chi connectivity index (χ3v) is 5.33. The third-order valence-electron chi connectivity index (χ3n) is 4.34. The van der Waals surface area contributed by atoms with Gasteiger partial charge < -0.3 is 10.1 Å². The fourth-order valence-corrected chi connectivity index (χ4v) is 3.39. The van der Waals surface area contributed by atoms with Gasteiger partial charge in [-0.1, -0.05) is 35.9 Å². The van der Waals surface area contributed by atoms with Gasteiger partial charge >= 0.3 is 6.18 Å². The molecule has 0 aliphatic carbocycles. The molecule has 0 bridgehead atoms. The maximum atomic E-state index is 12.7. The Bertz CT molecular complexity index is 1160. The molecule has 3 rings (SSSR count). The molecule has 0 fully saturated rings. The number of carbonyl (C=O) groups is 1. The number of anilines is 1. The quantitative estimate of drug-likeness (QED) is 0.262. The topological polar surface area (TPSA) is 62.7 Å². The first-order valence-corrected chi connectivity index (χ1v) is 10.8. The number of rotatable bonds is 8. The average Bonchev–Trinajstić information content (AvgIpc) is 2.78. The minimum absolute atomic E-state index is 0.181. The van der Waals surface area contributed by atoms with Crippen LogP contribution in [0.1, 0.15) is 16.7 Å². The number of ether oxygens (including phenoxy) is 1. The van der Waals surface area contributed by atoms with Gasteiger partial charge in [-0.3, -0.25) is 4.79 Å². The van der Waals surface area contributed by atoms with Crippen molar-refractivity contribution >= 4 is 45.3 Å². The molecule has 0 atom stereocenters. The van der Waals surface area contributed by atoms with Crippen LogP contribution in [0.5, 0.6) is 5.75 Å². The van der Waals surface area contributed by atoms with E-state index >= 15 is 0 Å². The van der Waals surface area contributed by atoms with Crippen LogP contribution in [0.3, 0.4) is 0 Å². The highest BCUT2D eigenvalue weighted by molar-refractivity contribution is 9.10. The van der Waals surface area contributed by atoms with Crippen LogP contribution < -0.4 is 15.5 Å². The number of halogens is 5. The molecular weight excluding hydrogens is 523 g/mol. The van der Waals surface area contributed by atoms with Crippen molar-refractivity contribution in [3.8, 4) is 5.75 Å². The van der Waals surface area contributed by atoms with Gasteiger partial charge in [-0.05, 0) is 64.0 Å². The van der Waals surface area contributed by atoms with Gasteiger partial charge in [0.15, 0.2) is 0 Å². The molecule has 5 nitrogen and oxygen atoms in total. The minimum Gasteiger partial charge on any atom is -0.488 e. The van der Waals surface area contributed by atoms with E-state index in [2.05, 4.69) is 31.8 Å². The molecule has 0 aliphatic heterocycles. The van der Waals surface area contributed by atoms with Gasteiger partial charge in [0, 0.05) is 16.3 Å². The van der Waals surface area contributed by atoms with Gasteiger partial charge in [-0.2, -0.15) is 18.3 Å². The number of carbonyl (C=O) groups excluding carboxylic acids is 1. The van der Waals surface area contributed by atoms with Crippen LogP contribution in [0.15, 0.2) is 76.3 Å². The maximum absolute atomic E-state index is 12.7. The number of alkyl halides is 3. The first kappa shape index (κ1) is 24.6. The molecule has 3 aromatic carbocycles. The number of hydrogen-bond donors (Lipinski definition) is 2. The Labute approximate surface area is 201 Å². The molecule has 0 unspecified atom stereocenters. The van der Waals surface area contributed by atoms with Crippen molar-refractivity contribution in [2.45, 2.75) is 12.8 Å². The van der Waals surface area contributed by atoms with Crippen LogP contribution in [-0.4, -0.2) is 18.7 Å². The van der Waals surface area contributed by atoms with E-state index in [-0.39, 0.29) is 12.2 Å². The lowest BCUT2D eigenvalue weighted by molar-refractivity contribution is -0.137. The average molecular weight is 541 g/mol. The standard InChI is InChI=1S/C23H18BrClF3N3O2/c24-19-10-15(8-9-21(19)33-14-16-4-1-2-7-20(16)25)12-30-31-22(32)13-29-18-6-3-5-17(11-18)23(26,27)28/h1-12,29H,13-14H2,(H,31,32)/b30-12-. The Kier molecular flexibility index (Phi) is 8.35. The SMILES string of the molecule is O=C(CNc1cccc(C(F)(F)F)c1)N/N=C\c1ccc(OCc2ccccc2Cl)c(Br)c1. The molecule has 0 aromatic heterocycles. The van der Waals surface area contributed by atoms with E-state index in [1.807, 2.05) is 18.2 Å². The number of hydrazone groups is 1. The van der Waals surface area contributed by atoms with Crippen molar-refractivity contribution in [1.82, 2.24) is 5.43 Å². The molecule has 0 saturated heterocycles. The fourth-order valence-electron chi connectivity index (χ4n) is 2.69. The normalized spacial score (nSPS) is 11.4. The first-order valence-electron chi connectivity index (χ1n) is 9.61. The minimum atomic E-state index is -4.45. The maximum Gasteiger partial charge on any atom is 0.416 e. The summed E-state index contributed by atoms with van der Waals surface area (Å²) in [4.78, 5) is 11.9. The van der Waals surface area contributed by atoms with Gasteiger partial charge in [0.05, 0.1) is 22.8 Å². The number of hydrogen-bond acceptors (Lipinski definition) is 4. The molecule has 0 spiro atoms. The molecule has 0 saturated carbocycles. The number of amides is 1.